The van der Waals surface area contributed by atoms with E-state index in [1.165, 1.54) is 0 Å². The molecule has 0 amide bonds. The number of rotatable bonds is 13. The zero-order chi connectivity index (χ0) is 19.3. The third kappa shape index (κ3) is 9.39. The third-order valence-corrected chi connectivity index (χ3v) is 5.80. The lowest BCUT2D eigenvalue weighted by Crippen LogP contribution is -2.32. The molecule has 0 aromatic heterocycles. The maximum absolute atomic E-state index is 9.35. The van der Waals surface area contributed by atoms with Crippen LogP contribution in [0.5, 0.6) is 11.5 Å². The SMILES string of the molecule is OCCOCCN(CCSc1ccc(O)cc1)CCSc1ccc(O)cc1. The molecular formula is C20H27NO4S2. The van der Waals surface area contributed by atoms with Gasteiger partial charge in [-0.2, -0.15) is 0 Å². The largest absolute Gasteiger partial charge is 0.508 e. The summed E-state index contributed by atoms with van der Waals surface area (Å²) in [5.41, 5.74) is 0. The first kappa shape index (κ1) is 21.9. The van der Waals surface area contributed by atoms with Gasteiger partial charge in [0.1, 0.15) is 11.5 Å². The maximum Gasteiger partial charge on any atom is 0.115 e. The Bertz CT molecular complexity index is 586. The summed E-state index contributed by atoms with van der Waals surface area (Å²) in [6, 6.07) is 14.5. The van der Waals surface area contributed by atoms with Crippen molar-refractivity contribution in [1.29, 1.82) is 0 Å². The molecule has 3 N–H and O–H groups in total. The van der Waals surface area contributed by atoms with Crippen LogP contribution in [0.1, 0.15) is 0 Å². The molecular weight excluding hydrogens is 382 g/mol. The minimum Gasteiger partial charge on any atom is -0.508 e. The molecule has 2 aromatic carbocycles. The number of benzene rings is 2. The second-order valence-electron chi connectivity index (χ2n) is 5.86. The predicted octanol–water partition coefficient (Wildman–Crippen LogP) is 3.29. The molecule has 0 saturated heterocycles. The Balaban J connectivity index is 1.74. The molecule has 0 saturated carbocycles. The zero-order valence-corrected chi connectivity index (χ0v) is 16.9. The van der Waals surface area contributed by atoms with E-state index in [-0.39, 0.29) is 18.1 Å². The van der Waals surface area contributed by atoms with Gasteiger partial charge in [-0.05, 0) is 48.5 Å². The molecule has 0 fully saturated rings. The number of thioether (sulfide) groups is 2. The van der Waals surface area contributed by atoms with Gasteiger partial charge in [-0.15, -0.1) is 23.5 Å². The van der Waals surface area contributed by atoms with Crippen molar-refractivity contribution in [3.8, 4) is 11.5 Å². The van der Waals surface area contributed by atoms with Gasteiger partial charge in [0.15, 0.2) is 0 Å². The minimum atomic E-state index is 0.0490. The summed E-state index contributed by atoms with van der Waals surface area (Å²) in [7, 11) is 0. The van der Waals surface area contributed by atoms with Gasteiger partial charge in [0.2, 0.25) is 0 Å². The van der Waals surface area contributed by atoms with Crippen LogP contribution in [-0.4, -0.2) is 71.2 Å². The van der Waals surface area contributed by atoms with Crippen LogP contribution in [0.25, 0.3) is 0 Å². The quantitative estimate of drug-likeness (QED) is 0.346. The van der Waals surface area contributed by atoms with Crippen LogP contribution in [-0.2, 0) is 4.74 Å². The molecule has 5 nitrogen and oxygen atoms in total. The van der Waals surface area contributed by atoms with Crippen molar-refractivity contribution < 1.29 is 20.1 Å². The summed E-state index contributed by atoms with van der Waals surface area (Å²) in [4.78, 5) is 4.64. The Morgan fingerprint density at radius 2 is 1.19 bits per heavy atom. The molecule has 0 unspecified atom stereocenters. The highest BCUT2D eigenvalue weighted by Crippen LogP contribution is 2.22. The van der Waals surface area contributed by atoms with Gasteiger partial charge in [-0.3, -0.25) is 4.90 Å². The highest BCUT2D eigenvalue weighted by molar-refractivity contribution is 7.99. The van der Waals surface area contributed by atoms with Crippen molar-refractivity contribution in [1.82, 2.24) is 4.90 Å². The molecule has 27 heavy (non-hydrogen) atoms. The molecule has 0 bridgehead atoms. The van der Waals surface area contributed by atoms with Crippen molar-refractivity contribution in [3.05, 3.63) is 48.5 Å². The number of phenolic OH excluding ortho intramolecular Hbond substituents is 2. The topological polar surface area (TPSA) is 73.2 Å². The highest BCUT2D eigenvalue weighted by Gasteiger charge is 2.06. The number of hydrogen-bond donors (Lipinski definition) is 3. The second kappa shape index (κ2) is 12.9. The van der Waals surface area contributed by atoms with Gasteiger partial charge in [0.05, 0.1) is 19.8 Å². The number of nitrogens with zero attached hydrogens (tertiary/aromatic N) is 1. The van der Waals surface area contributed by atoms with E-state index in [1.807, 2.05) is 24.3 Å². The normalized spacial score (nSPS) is 11.2. The standard InChI is InChI=1S/C20H27NO4S2/c22-12-14-25-13-9-21(10-15-26-19-5-1-17(23)2-6-19)11-16-27-20-7-3-18(24)4-8-20/h1-8,22-24H,9-16H2. The van der Waals surface area contributed by atoms with E-state index in [0.29, 0.717) is 13.2 Å². The van der Waals surface area contributed by atoms with E-state index in [4.69, 9.17) is 9.84 Å². The molecule has 2 aromatic rings. The minimum absolute atomic E-state index is 0.0490. The van der Waals surface area contributed by atoms with E-state index in [9.17, 15) is 10.2 Å². The molecule has 0 aliphatic rings. The molecule has 0 aliphatic heterocycles. The zero-order valence-electron chi connectivity index (χ0n) is 15.3. The van der Waals surface area contributed by atoms with Gasteiger partial charge in [-0.1, -0.05) is 0 Å². The second-order valence-corrected chi connectivity index (χ2v) is 8.20. The number of phenols is 2. The van der Waals surface area contributed by atoms with Crippen molar-refractivity contribution in [2.75, 3.05) is 51.0 Å². The van der Waals surface area contributed by atoms with Gasteiger partial charge in [-0.25, -0.2) is 0 Å². The van der Waals surface area contributed by atoms with Crippen LogP contribution in [0, 0.1) is 0 Å². The highest BCUT2D eigenvalue weighted by atomic mass is 32.2. The predicted molar refractivity (Wildman–Crippen MR) is 112 cm³/mol. The van der Waals surface area contributed by atoms with Gasteiger partial charge in [0, 0.05) is 40.9 Å². The first-order valence-electron chi connectivity index (χ1n) is 8.92. The maximum atomic E-state index is 9.35. The number of aliphatic hydroxyl groups is 1. The van der Waals surface area contributed by atoms with Gasteiger partial charge in [0.25, 0.3) is 0 Å². The molecule has 0 atom stereocenters. The van der Waals surface area contributed by atoms with Crippen LogP contribution < -0.4 is 0 Å². The fraction of sp³-hybridized carbons (Fsp3) is 0.400. The van der Waals surface area contributed by atoms with Crippen molar-refractivity contribution in [3.63, 3.8) is 0 Å². The molecule has 0 aliphatic carbocycles. The Hall–Kier alpha value is -1.38. The van der Waals surface area contributed by atoms with Gasteiger partial charge >= 0.3 is 0 Å². The Morgan fingerprint density at radius 3 is 1.63 bits per heavy atom. The van der Waals surface area contributed by atoms with E-state index in [0.717, 1.165) is 40.9 Å². The van der Waals surface area contributed by atoms with Crippen LogP contribution in [0.3, 0.4) is 0 Å². The lowest BCUT2D eigenvalue weighted by atomic mass is 10.3. The van der Waals surface area contributed by atoms with E-state index >= 15 is 0 Å². The van der Waals surface area contributed by atoms with Crippen molar-refractivity contribution in [2.45, 2.75) is 9.79 Å². The first-order chi connectivity index (χ1) is 13.2. The number of ether oxygens (including phenoxy) is 1. The number of aromatic hydroxyl groups is 2. The lowest BCUT2D eigenvalue weighted by molar-refractivity contribution is 0.0761. The fourth-order valence-electron chi connectivity index (χ4n) is 2.37. The van der Waals surface area contributed by atoms with Crippen molar-refractivity contribution in [2.24, 2.45) is 0 Å². The summed E-state index contributed by atoms with van der Waals surface area (Å²) in [5.74, 6) is 2.48. The summed E-state index contributed by atoms with van der Waals surface area (Å²) < 4.78 is 5.41. The van der Waals surface area contributed by atoms with Crippen LogP contribution in [0.2, 0.25) is 0 Å². The van der Waals surface area contributed by atoms with Crippen LogP contribution in [0.4, 0.5) is 0 Å². The molecule has 7 heteroatoms. The third-order valence-electron chi connectivity index (χ3n) is 3.81. The van der Waals surface area contributed by atoms with Crippen LogP contribution in [0.15, 0.2) is 58.3 Å². The summed E-state index contributed by atoms with van der Waals surface area (Å²) in [6.07, 6.45) is 0. The summed E-state index contributed by atoms with van der Waals surface area (Å²) >= 11 is 3.53. The Labute approximate surface area is 169 Å². The van der Waals surface area contributed by atoms with Crippen LogP contribution >= 0.6 is 23.5 Å². The number of hydrogen-bond acceptors (Lipinski definition) is 7. The Morgan fingerprint density at radius 1 is 0.704 bits per heavy atom. The smallest absolute Gasteiger partial charge is 0.115 e. The average Bonchev–Trinajstić information content (AvgIpc) is 2.68. The molecule has 0 spiro atoms. The van der Waals surface area contributed by atoms with Gasteiger partial charge < -0.3 is 20.1 Å². The monoisotopic (exact) mass is 409 g/mol. The molecule has 0 heterocycles. The van der Waals surface area contributed by atoms with Crippen molar-refractivity contribution >= 4 is 23.5 Å². The first-order valence-corrected chi connectivity index (χ1v) is 10.9. The summed E-state index contributed by atoms with van der Waals surface area (Å²) in [5, 5.41) is 27.5. The molecule has 0 radical (unpaired) electrons. The Kier molecular flexibility index (Phi) is 10.5. The van der Waals surface area contributed by atoms with E-state index in [1.54, 1.807) is 47.8 Å². The fourth-order valence-corrected chi connectivity index (χ4v) is 4.19. The molecule has 148 valence electrons. The summed E-state index contributed by atoms with van der Waals surface area (Å²) in [6.45, 7) is 3.72. The molecule has 2 rings (SSSR count). The lowest BCUT2D eigenvalue weighted by Gasteiger charge is -2.22. The average molecular weight is 410 g/mol. The van der Waals surface area contributed by atoms with E-state index < -0.39 is 0 Å². The number of aliphatic hydroxyl groups excluding tert-OH is 1. The van der Waals surface area contributed by atoms with E-state index in [2.05, 4.69) is 4.90 Å².